The summed E-state index contributed by atoms with van der Waals surface area (Å²) in [7, 11) is 0. The minimum Gasteiger partial charge on any atom is -0.354 e. The second-order valence-corrected chi connectivity index (χ2v) is 6.93. The molecule has 3 rings (SSSR count). The van der Waals surface area contributed by atoms with Crippen LogP contribution in [-0.4, -0.2) is 33.9 Å². The molecule has 1 atom stereocenters. The fourth-order valence-electron chi connectivity index (χ4n) is 2.90. The second-order valence-electron chi connectivity index (χ2n) is 6.93. The topological polar surface area (TPSA) is 87.5 Å². The highest BCUT2D eigenvalue weighted by atomic mass is 16.2. The number of pyridine rings is 1. The van der Waals surface area contributed by atoms with E-state index in [9.17, 15) is 9.59 Å². The normalized spacial score (nSPS) is 12.0. The smallest absolute Gasteiger partial charge is 0.319 e. The molecule has 3 N–H and O–H groups in total. The fourth-order valence-corrected chi connectivity index (χ4v) is 2.90. The molecule has 146 valence electrons. The van der Waals surface area contributed by atoms with E-state index in [1.807, 2.05) is 67.0 Å². The van der Waals surface area contributed by atoms with E-state index in [4.69, 9.17) is 0 Å². The number of carbonyl (C=O) groups is 2. The van der Waals surface area contributed by atoms with Crippen LogP contribution >= 0.6 is 0 Å². The van der Waals surface area contributed by atoms with E-state index in [0.717, 1.165) is 11.3 Å². The standard InChI is InChI=1S/C21H25N5O2/c1-15(2)19(25-21(28)24-16-8-4-3-5-9-16)20(27)22-12-11-17-14-26-13-7-6-10-18(26)23-17/h3-10,13-15,19H,11-12H2,1-2H3,(H,22,27)(H2,24,25,28)/t19-/m0/s1. The first-order chi connectivity index (χ1) is 13.5. The number of hydrogen-bond acceptors (Lipinski definition) is 3. The van der Waals surface area contributed by atoms with Crippen molar-refractivity contribution in [3.8, 4) is 0 Å². The molecule has 0 fully saturated rings. The maximum absolute atomic E-state index is 12.6. The van der Waals surface area contributed by atoms with Crippen LogP contribution in [0.3, 0.4) is 0 Å². The van der Waals surface area contributed by atoms with Crippen LogP contribution in [0.4, 0.5) is 10.5 Å². The Bertz CT molecular complexity index is 903. The molecule has 0 aliphatic rings. The van der Waals surface area contributed by atoms with Crippen molar-refractivity contribution in [1.82, 2.24) is 20.0 Å². The summed E-state index contributed by atoms with van der Waals surface area (Å²) in [5, 5.41) is 8.38. The molecule has 0 saturated carbocycles. The van der Waals surface area contributed by atoms with Gasteiger partial charge in [-0.25, -0.2) is 9.78 Å². The average Bonchev–Trinajstić information content (AvgIpc) is 3.09. The number of carbonyl (C=O) groups excluding carboxylic acids is 2. The number of aromatic nitrogens is 2. The van der Waals surface area contributed by atoms with Gasteiger partial charge in [0.15, 0.2) is 0 Å². The van der Waals surface area contributed by atoms with Crippen LogP contribution in [0.25, 0.3) is 5.65 Å². The monoisotopic (exact) mass is 379 g/mol. The first-order valence-corrected chi connectivity index (χ1v) is 9.36. The van der Waals surface area contributed by atoms with E-state index in [1.165, 1.54) is 0 Å². The van der Waals surface area contributed by atoms with Crippen molar-refractivity contribution in [2.24, 2.45) is 5.92 Å². The summed E-state index contributed by atoms with van der Waals surface area (Å²) >= 11 is 0. The number of rotatable bonds is 7. The lowest BCUT2D eigenvalue weighted by atomic mass is 10.0. The predicted octanol–water partition coefficient (Wildman–Crippen LogP) is 2.84. The van der Waals surface area contributed by atoms with Gasteiger partial charge in [0.25, 0.3) is 0 Å². The Labute approximate surface area is 164 Å². The summed E-state index contributed by atoms with van der Waals surface area (Å²) in [6.07, 6.45) is 4.51. The molecule has 0 spiro atoms. The van der Waals surface area contributed by atoms with Crippen LogP contribution in [0.15, 0.2) is 60.9 Å². The second kappa shape index (κ2) is 9.03. The molecular weight excluding hydrogens is 354 g/mol. The van der Waals surface area contributed by atoms with Crippen LogP contribution < -0.4 is 16.0 Å². The molecule has 0 bridgehead atoms. The Morgan fingerprint density at radius 2 is 1.82 bits per heavy atom. The molecule has 7 heteroatoms. The van der Waals surface area contributed by atoms with Gasteiger partial charge >= 0.3 is 6.03 Å². The molecule has 2 aromatic heterocycles. The van der Waals surface area contributed by atoms with E-state index in [0.29, 0.717) is 18.7 Å². The number of nitrogens with zero attached hydrogens (tertiary/aromatic N) is 2. The summed E-state index contributed by atoms with van der Waals surface area (Å²) in [5.74, 6) is -0.251. The molecule has 0 aliphatic heterocycles. The van der Waals surface area contributed by atoms with Gasteiger partial charge in [0.05, 0.1) is 5.69 Å². The molecule has 1 aromatic carbocycles. The molecule has 3 amide bonds. The van der Waals surface area contributed by atoms with Gasteiger partial charge in [-0.1, -0.05) is 38.1 Å². The highest BCUT2D eigenvalue weighted by molar-refractivity contribution is 5.93. The van der Waals surface area contributed by atoms with Gasteiger partial charge < -0.3 is 20.4 Å². The van der Waals surface area contributed by atoms with Crippen molar-refractivity contribution < 1.29 is 9.59 Å². The van der Waals surface area contributed by atoms with E-state index in [2.05, 4.69) is 20.9 Å². The number of amides is 3. The minimum absolute atomic E-state index is 0.0447. The number of anilines is 1. The Balaban J connectivity index is 1.51. The molecule has 0 unspecified atom stereocenters. The van der Waals surface area contributed by atoms with Crippen molar-refractivity contribution >= 4 is 23.3 Å². The van der Waals surface area contributed by atoms with Crippen LogP contribution in [0, 0.1) is 5.92 Å². The summed E-state index contributed by atoms with van der Waals surface area (Å²) < 4.78 is 1.95. The third-order valence-corrected chi connectivity index (χ3v) is 4.36. The first kappa shape index (κ1) is 19.4. The molecule has 7 nitrogen and oxygen atoms in total. The van der Waals surface area contributed by atoms with Gasteiger partial charge in [-0.05, 0) is 30.2 Å². The van der Waals surface area contributed by atoms with Crippen LogP contribution in [0.2, 0.25) is 0 Å². The van der Waals surface area contributed by atoms with Crippen molar-refractivity contribution in [2.45, 2.75) is 26.3 Å². The van der Waals surface area contributed by atoms with Crippen molar-refractivity contribution in [3.63, 3.8) is 0 Å². The largest absolute Gasteiger partial charge is 0.354 e. The zero-order chi connectivity index (χ0) is 19.9. The van der Waals surface area contributed by atoms with E-state index >= 15 is 0 Å². The summed E-state index contributed by atoms with van der Waals surface area (Å²) in [4.78, 5) is 29.3. The maximum Gasteiger partial charge on any atom is 0.319 e. The maximum atomic E-state index is 12.6. The van der Waals surface area contributed by atoms with Crippen molar-refractivity contribution in [1.29, 1.82) is 0 Å². The van der Waals surface area contributed by atoms with Crippen LogP contribution in [0.5, 0.6) is 0 Å². The Kier molecular flexibility index (Phi) is 6.26. The molecule has 2 heterocycles. The quantitative estimate of drug-likeness (QED) is 0.590. The number of fused-ring (bicyclic) bond motifs is 1. The lowest BCUT2D eigenvalue weighted by Gasteiger charge is -2.22. The van der Waals surface area contributed by atoms with Gasteiger partial charge in [-0.2, -0.15) is 0 Å². The van der Waals surface area contributed by atoms with Gasteiger partial charge in [-0.3, -0.25) is 4.79 Å². The molecule has 28 heavy (non-hydrogen) atoms. The van der Waals surface area contributed by atoms with Crippen molar-refractivity contribution in [2.75, 3.05) is 11.9 Å². The van der Waals surface area contributed by atoms with E-state index in [-0.39, 0.29) is 11.8 Å². The zero-order valence-electron chi connectivity index (χ0n) is 16.1. The van der Waals surface area contributed by atoms with E-state index < -0.39 is 12.1 Å². The molecule has 3 aromatic rings. The Morgan fingerprint density at radius 1 is 1.07 bits per heavy atom. The van der Waals surface area contributed by atoms with Crippen LogP contribution in [0.1, 0.15) is 19.5 Å². The van der Waals surface area contributed by atoms with Gasteiger partial charge in [-0.15, -0.1) is 0 Å². The third kappa shape index (κ3) is 5.09. The third-order valence-electron chi connectivity index (χ3n) is 4.36. The number of imidazole rings is 1. The molecule has 0 saturated heterocycles. The minimum atomic E-state index is -0.621. The van der Waals surface area contributed by atoms with Gasteiger partial charge in [0.1, 0.15) is 11.7 Å². The number of urea groups is 1. The van der Waals surface area contributed by atoms with E-state index in [1.54, 1.807) is 12.1 Å². The van der Waals surface area contributed by atoms with Crippen LogP contribution in [-0.2, 0) is 11.2 Å². The fraction of sp³-hybridized carbons (Fsp3) is 0.286. The van der Waals surface area contributed by atoms with Gasteiger partial charge in [0.2, 0.25) is 5.91 Å². The van der Waals surface area contributed by atoms with Gasteiger partial charge in [0, 0.05) is 31.0 Å². The molecule has 0 radical (unpaired) electrons. The number of hydrogen-bond donors (Lipinski definition) is 3. The Morgan fingerprint density at radius 3 is 2.54 bits per heavy atom. The predicted molar refractivity (Wildman–Crippen MR) is 109 cm³/mol. The lowest BCUT2D eigenvalue weighted by molar-refractivity contribution is -0.123. The SMILES string of the molecule is CC(C)[C@H](NC(=O)Nc1ccccc1)C(=O)NCCc1cn2ccccc2n1. The summed E-state index contributed by atoms with van der Waals surface area (Å²) in [6.45, 7) is 4.25. The zero-order valence-corrected chi connectivity index (χ0v) is 16.1. The molecular formula is C21H25N5O2. The number of benzene rings is 1. The van der Waals surface area contributed by atoms with Crippen molar-refractivity contribution in [3.05, 3.63) is 66.6 Å². The summed E-state index contributed by atoms with van der Waals surface area (Å²) in [6, 6.07) is 13.9. The Hall–Kier alpha value is -3.35. The highest BCUT2D eigenvalue weighted by Crippen LogP contribution is 2.07. The average molecular weight is 379 g/mol. The highest BCUT2D eigenvalue weighted by Gasteiger charge is 2.24. The first-order valence-electron chi connectivity index (χ1n) is 9.36. The number of para-hydroxylation sites is 1. The molecule has 0 aliphatic carbocycles. The lowest BCUT2D eigenvalue weighted by Crippen LogP contribution is -2.51. The summed E-state index contributed by atoms with van der Waals surface area (Å²) in [5.41, 5.74) is 2.46. The number of nitrogens with one attached hydrogen (secondary N) is 3.